The van der Waals surface area contributed by atoms with E-state index in [1.54, 1.807) is 0 Å². The molecule has 0 heterocycles. The third-order valence-corrected chi connectivity index (χ3v) is 19.0. The molecule has 0 aliphatic carbocycles. The normalized spacial score (nSPS) is 11.9. The molecule has 0 heteroatoms. The van der Waals surface area contributed by atoms with E-state index in [2.05, 4.69) is 328 Å². The predicted octanol–water partition coefficient (Wildman–Crippen LogP) is 24.9. The fourth-order valence-corrected chi connectivity index (χ4v) is 14.8. The van der Waals surface area contributed by atoms with E-state index in [1.807, 2.05) is 0 Å². The average molecular weight is 1110 g/mol. The maximum absolute atomic E-state index is 2.38. The van der Waals surface area contributed by atoms with Gasteiger partial charge in [0.05, 0.1) is 0 Å². The first kappa shape index (κ1) is 49.9. The number of rotatable bonds is 6. The van der Waals surface area contributed by atoms with Crippen molar-refractivity contribution in [1.29, 1.82) is 0 Å². The molecule has 0 fully saturated rings. The summed E-state index contributed by atoms with van der Waals surface area (Å²) in [5.74, 6) is 0. The molecule has 0 aromatic heterocycles. The fourth-order valence-electron chi connectivity index (χ4n) is 14.8. The topological polar surface area (TPSA) is 0 Å². The minimum atomic E-state index is 1.24. The summed E-state index contributed by atoms with van der Waals surface area (Å²) in [6.45, 7) is 0. The Kier molecular flexibility index (Phi) is 11.4. The lowest BCUT2D eigenvalue weighted by Crippen LogP contribution is -1.90. The van der Waals surface area contributed by atoms with Crippen LogP contribution in [0.25, 0.3) is 185 Å². The number of benzene rings is 19. The van der Waals surface area contributed by atoms with E-state index in [1.165, 1.54) is 185 Å². The van der Waals surface area contributed by atoms with Crippen LogP contribution in [0.2, 0.25) is 0 Å². The van der Waals surface area contributed by atoms with Crippen molar-refractivity contribution < 1.29 is 0 Å². The molecule has 0 bridgehead atoms. The summed E-state index contributed by atoms with van der Waals surface area (Å²) in [7, 11) is 0. The minimum Gasteiger partial charge on any atom is -0.0622 e. The molecule has 406 valence electrons. The summed E-state index contributed by atoms with van der Waals surface area (Å²) in [5, 5.41) is 28.6. The van der Waals surface area contributed by atoms with Gasteiger partial charge >= 0.3 is 0 Å². The van der Waals surface area contributed by atoms with Crippen LogP contribution in [0.3, 0.4) is 0 Å². The first-order chi connectivity index (χ1) is 43.6. The lowest BCUT2D eigenvalue weighted by Gasteiger charge is -2.18. The Hall–Kier alpha value is -11.4. The van der Waals surface area contributed by atoms with Crippen molar-refractivity contribution >= 4 is 118 Å². The van der Waals surface area contributed by atoms with Crippen LogP contribution in [0.1, 0.15) is 0 Å². The monoisotopic (exact) mass is 1110 g/mol. The zero-order chi connectivity index (χ0) is 57.8. The van der Waals surface area contributed by atoms with E-state index in [9.17, 15) is 0 Å². The van der Waals surface area contributed by atoms with Crippen molar-refractivity contribution in [1.82, 2.24) is 0 Å². The van der Waals surface area contributed by atoms with Gasteiger partial charge in [-0.3, -0.25) is 0 Å². The number of hydrogen-bond acceptors (Lipinski definition) is 0. The zero-order valence-corrected chi connectivity index (χ0v) is 48.2. The molecule has 88 heavy (non-hydrogen) atoms. The molecule has 0 spiro atoms. The maximum atomic E-state index is 2.38. The number of fused-ring (bicyclic) bond motifs is 6. The van der Waals surface area contributed by atoms with Crippen LogP contribution >= 0.6 is 0 Å². The van der Waals surface area contributed by atoms with Gasteiger partial charge in [-0.25, -0.2) is 0 Å². The highest BCUT2D eigenvalue weighted by Gasteiger charge is 2.19. The summed E-state index contributed by atoms with van der Waals surface area (Å²) in [6, 6.07) is 121. The van der Waals surface area contributed by atoms with Gasteiger partial charge in [-0.2, -0.15) is 0 Å². The van der Waals surface area contributed by atoms with E-state index in [-0.39, 0.29) is 0 Å². The highest BCUT2D eigenvalue weighted by molar-refractivity contribution is 6.30. The molecule has 0 atom stereocenters. The van der Waals surface area contributed by atoms with E-state index < -0.39 is 0 Å². The Balaban J connectivity index is 0.000000134. The summed E-state index contributed by atoms with van der Waals surface area (Å²) < 4.78 is 0. The van der Waals surface area contributed by atoms with Gasteiger partial charge in [0.25, 0.3) is 0 Å². The first-order valence-electron chi connectivity index (χ1n) is 30.6. The second-order valence-electron chi connectivity index (χ2n) is 23.8. The molecule has 0 aliphatic heterocycles. The highest BCUT2D eigenvalue weighted by atomic mass is 14.2. The van der Waals surface area contributed by atoms with Crippen LogP contribution < -0.4 is 0 Å². The van der Waals surface area contributed by atoms with E-state index in [0.717, 1.165) is 0 Å². The van der Waals surface area contributed by atoms with Crippen LogP contribution in [0, 0.1) is 0 Å². The molecule has 0 nitrogen and oxygen atoms in total. The second kappa shape index (κ2) is 20.1. The van der Waals surface area contributed by atoms with Crippen LogP contribution in [-0.2, 0) is 0 Å². The Morgan fingerprint density at radius 1 is 0.114 bits per heavy atom. The molecule has 0 aliphatic rings. The van der Waals surface area contributed by atoms with Gasteiger partial charge < -0.3 is 0 Å². The zero-order valence-electron chi connectivity index (χ0n) is 48.2. The van der Waals surface area contributed by atoms with Gasteiger partial charge in [0.15, 0.2) is 0 Å². The summed E-state index contributed by atoms with van der Waals surface area (Å²) >= 11 is 0. The van der Waals surface area contributed by atoms with Crippen molar-refractivity contribution in [2.24, 2.45) is 0 Å². The third kappa shape index (κ3) is 8.07. The van der Waals surface area contributed by atoms with Gasteiger partial charge in [-0.1, -0.05) is 303 Å². The standard InChI is InChI=1S/C48H30.C40H24/c1-2-7-31(8-3-1)37-17-18-39-30-40(20-19-38(39)29-37)44-26-22-36-23-27-45-43(25-21-35-24-28-46(44)48(36)47(35)45)34-15-13-33(14-16-34)42-12-6-10-32-9-4-5-11-41(32)42;1-2-8-28-23-30(14-13-25(28)7-1)32-19-15-26-18-22-37-35(20-16-27-17-21-36(32)39(26)40(27)37)38-24-29-9-3-4-10-31(29)33-11-5-6-12-34(33)38/h1-30H;1-24H. The molecule has 0 radical (unpaired) electrons. The molecular formula is C88H54. The molecule has 0 N–H and O–H groups in total. The maximum Gasteiger partial charge on any atom is -0.00203 e. The molecule has 0 saturated carbocycles. The van der Waals surface area contributed by atoms with Crippen molar-refractivity contribution in [3.8, 4) is 66.8 Å². The Labute approximate surface area is 509 Å². The van der Waals surface area contributed by atoms with Gasteiger partial charge in [-0.15, -0.1) is 0 Å². The van der Waals surface area contributed by atoms with E-state index >= 15 is 0 Å². The van der Waals surface area contributed by atoms with Crippen LogP contribution in [-0.4, -0.2) is 0 Å². The highest BCUT2D eigenvalue weighted by Crippen LogP contribution is 2.47. The van der Waals surface area contributed by atoms with Crippen LogP contribution in [0.15, 0.2) is 328 Å². The van der Waals surface area contributed by atoms with Crippen molar-refractivity contribution in [2.45, 2.75) is 0 Å². The summed E-state index contributed by atoms with van der Waals surface area (Å²) in [4.78, 5) is 0. The minimum absolute atomic E-state index is 1.24. The number of hydrogen-bond donors (Lipinski definition) is 0. The quantitative estimate of drug-likeness (QED) is 0.146. The van der Waals surface area contributed by atoms with Gasteiger partial charge in [0.2, 0.25) is 0 Å². The predicted molar refractivity (Wildman–Crippen MR) is 380 cm³/mol. The molecule has 0 amide bonds. The smallest absolute Gasteiger partial charge is 0.00203 e. The third-order valence-electron chi connectivity index (χ3n) is 19.0. The largest absolute Gasteiger partial charge is 0.0622 e. The Morgan fingerprint density at radius 2 is 0.466 bits per heavy atom. The van der Waals surface area contributed by atoms with Gasteiger partial charge in [0, 0.05) is 0 Å². The lowest BCUT2D eigenvalue weighted by molar-refractivity contribution is 1.63. The van der Waals surface area contributed by atoms with Crippen molar-refractivity contribution in [3.63, 3.8) is 0 Å². The lowest BCUT2D eigenvalue weighted by atomic mass is 9.85. The van der Waals surface area contributed by atoms with Gasteiger partial charge in [0.1, 0.15) is 0 Å². The van der Waals surface area contributed by atoms with Crippen molar-refractivity contribution in [2.75, 3.05) is 0 Å². The average Bonchev–Trinajstić information content (AvgIpc) is 2.19. The Bertz CT molecular complexity index is 5960. The summed E-state index contributed by atoms with van der Waals surface area (Å²) in [6.07, 6.45) is 0. The molecule has 19 aromatic rings. The van der Waals surface area contributed by atoms with Gasteiger partial charge in [-0.05, 0) is 210 Å². The first-order valence-corrected chi connectivity index (χ1v) is 30.6. The fraction of sp³-hybridized carbons (Fsp3) is 0. The van der Waals surface area contributed by atoms with Crippen LogP contribution in [0.5, 0.6) is 0 Å². The molecule has 0 unspecified atom stereocenters. The molecular weight excluding hydrogens is 1060 g/mol. The van der Waals surface area contributed by atoms with E-state index in [4.69, 9.17) is 0 Å². The Morgan fingerprint density at radius 3 is 1.05 bits per heavy atom. The molecule has 0 saturated heterocycles. The molecule has 19 rings (SSSR count). The SMILES string of the molecule is c1ccc(-c2ccc3cc(-c4ccc5ccc6c(-c7ccc(-c8cccc9ccccc89)cc7)ccc7ccc4c5c76)ccc3c2)cc1.c1ccc2cc(-c3ccc4ccc5c(-c6cc7ccccc7c7ccccc67)ccc6ccc3c4c65)ccc2c1. The van der Waals surface area contributed by atoms with Crippen molar-refractivity contribution in [3.05, 3.63) is 328 Å². The van der Waals surface area contributed by atoms with E-state index in [0.29, 0.717) is 0 Å². The second-order valence-corrected chi connectivity index (χ2v) is 23.8. The molecule has 19 aromatic carbocycles. The summed E-state index contributed by atoms with van der Waals surface area (Å²) in [5.41, 5.74) is 15.2. The van der Waals surface area contributed by atoms with Crippen LogP contribution in [0.4, 0.5) is 0 Å².